The van der Waals surface area contributed by atoms with Gasteiger partial charge in [0.2, 0.25) is 5.91 Å². The van der Waals surface area contributed by atoms with Gasteiger partial charge in [0.25, 0.3) is 0 Å². The Morgan fingerprint density at radius 2 is 0.903 bits per heavy atom. The van der Waals surface area contributed by atoms with E-state index in [9.17, 15) is 19.0 Å². The van der Waals surface area contributed by atoms with Crippen molar-refractivity contribution in [2.24, 2.45) is 0 Å². The van der Waals surface area contributed by atoms with E-state index in [0.29, 0.717) is 17.4 Å². The summed E-state index contributed by atoms with van der Waals surface area (Å²) in [5, 5.41) is 3.00. The van der Waals surface area contributed by atoms with Gasteiger partial charge in [-0.15, -0.1) is 0 Å². The SMILES string of the molecule is CC/C=C\C/C=C\C/C=C\C/C=C\C/C=C\C/C=C\CCC(=O)NC(COP(=O)(O)OCC[N+](C)(C)C)C(/C=C/CCCCCCCCCCCC)OC(=O)CCCCCCCCCCCCCCCCC. The predicted octanol–water partition coefficient (Wildman–Crippen LogP) is 17.8. The van der Waals surface area contributed by atoms with Gasteiger partial charge in [-0.3, -0.25) is 18.6 Å². The highest BCUT2D eigenvalue weighted by Crippen LogP contribution is 2.43. The van der Waals surface area contributed by atoms with Crippen molar-refractivity contribution in [2.45, 2.75) is 258 Å². The first-order valence-electron chi connectivity index (χ1n) is 29.4. The van der Waals surface area contributed by atoms with E-state index in [1.165, 1.54) is 128 Å². The molecule has 9 nitrogen and oxygen atoms in total. The third kappa shape index (κ3) is 52.1. The normalized spacial score (nSPS) is 14.4. The van der Waals surface area contributed by atoms with Crippen LogP contribution in [0.5, 0.6) is 0 Å². The summed E-state index contributed by atoms with van der Waals surface area (Å²) in [6.07, 6.45) is 67.4. The van der Waals surface area contributed by atoms with Crippen LogP contribution in [0.2, 0.25) is 0 Å². The molecule has 0 aliphatic carbocycles. The van der Waals surface area contributed by atoms with Gasteiger partial charge in [-0.2, -0.15) is 0 Å². The zero-order chi connectivity index (χ0) is 52.9. The molecule has 0 saturated carbocycles. The molecule has 0 heterocycles. The van der Waals surface area contributed by atoms with Crippen LogP contribution >= 0.6 is 7.82 Å². The maximum atomic E-state index is 13.5. The molecule has 0 saturated heterocycles. The molecule has 0 aliphatic rings. The van der Waals surface area contributed by atoms with Crippen molar-refractivity contribution in [2.75, 3.05) is 40.9 Å². The first-order chi connectivity index (χ1) is 34.9. The fraction of sp³-hybridized carbons (Fsp3) is 0.742. The summed E-state index contributed by atoms with van der Waals surface area (Å²) in [6, 6.07) is -0.890. The number of allylic oxidation sites excluding steroid dienone is 13. The Hall–Kier alpha value is -2.81. The van der Waals surface area contributed by atoms with E-state index in [2.05, 4.69) is 92.9 Å². The molecule has 416 valence electrons. The molecule has 3 unspecified atom stereocenters. The van der Waals surface area contributed by atoms with E-state index < -0.39 is 20.0 Å². The summed E-state index contributed by atoms with van der Waals surface area (Å²) in [6.45, 7) is 6.84. The molecular formula is C62H112N2O7P+. The van der Waals surface area contributed by atoms with Gasteiger partial charge in [0.05, 0.1) is 33.8 Å². The minimum Gasteiger partial charge on any atom is -0.456 e. The molecule has 10 heteroatoms. The Morgan fingerprint density at radius 3 is 1.33 bits per heavy atom. The Morgan fingerprint density at radius 1 is 0.500 bits per heavy atom. The molecule has 0 rings (SSSR count). The second-order valence-corrected chi connectivity index (χ2v) is 22.2. The van der Waals surface area contributed by atoms with Crippen LogP contribution in [0.25, 0.3) is 0 Å². The number of hydrogen-bond donors (Lipinski definition) is 2. The molecular weight excluding hydrogens is 916 g/mol. The number of amides is 1. The number of phosphoric ester groups is 1. The van der Waals surface area contributed by atoms with E-state index in [4.69, 9.17) is 13.8 Å². The lowest BCUT2D eigenvalue weighted by molar-refractivity contribution is -0.870. The summed E-state index contributed by atoms with van der Waals surface area (Å²) in [7, 11) is 1.45. The van der Waals surface area contributed by atoms with E-state index in [0.717, 1.165) is 77.0 Å². The highest BCUT2D eigenvalue weighted by molar-refractivity contribution is 7.47. The molecule has 2 N–H and O–H groups in total. The number of nitrogens with one attached hydrogen (secondary N) is 1. The zero-order valence-corrected chi connectivity index (χ0v) is 48.3. The molecule has 0 bridgehead atoms. The van der Waals surface area contributed by atoms with Crippen LogP contribution in [0.15, 0.2) is 85.1 Å². The zero-order valence-electron chi connectivity index (χ0n) is 47.4. The molecule has 3 atom stereocenters. The first-order valence-corrected chi connectivity index (χ1v) is 30.9. The first kappa shape index (κ1) is 69.2. The predicted molar refractivity (Wildman–Crippen MR) is 309 cm³/mol. The molecule has 0 radical (unpaired) electrons. The average molecular weight is 1030 g/mol. The molecule has 0 fully saturated rings. The van der Waals surface area contributed by atoms with E-state index in [-0.39, 0.29) is 37.9 Å². The topological polar surface area (TPSA) is 111 Å². The number of esters is 1. The minimum atomic E-state index is -4.47. The van der Waals surface area contributed by atoms with Gasteiger partial charge in [0.1, 0.15) is 19.3 Å². The second kappa shape index (κ2) is 51.7. The quantitative estimate of drug-likeness (QED) is 0.0205. The highest BCUT2D eigenvalue weighted by Gasteiger charge is 2.30. The third-order valence-corrected chi connectivity index (χ3v) is 13.6. The lowest BCUT2D eigenvalue weighted by atomic mass is 10.0. The number of unbranched alkanes of at least 4 members (excludes halogenated alkanes) is 24. The summed E-state index contributed by atoms with van der Waals surface area (Å²) >= 11 is 0. The van der Waals surface area contributed by atoms with E-state index in [1.54, 1.807) is 0 Å². The summed E-state index contributed by atoms with van der Waals surface area (Å²) < 4.78 is 30.6. The van der Waals surface area contributed by atoms with Crippen LogP contribution in [0.3, 0.4) is 0 Å². The van der Waals surface area contributed by atoms with Gasteiger partial charge in [0, 0.05) is 12.8 Å². The van der Waals surface area contributed by atoms with Crippen molar-refractivity contribution < 1.29 is 37.3 Å². The molecule has 0 aromatic carbocycles. The molecule has 0 aromatic heterocycles. The van der Waals surface area contributed by atoms with Crippen molar-refractivity contribution >= 4 is 19.7 Å². The van der Waals surface area contributed by atoms with Crippen LogP contribution in [0, 0.1) is 0 Å². The average Bonchev–Trinajstić information content (AvgIpc) is 3.34. The van der Waals surface area contributed by atoms with Gasteiger partial charge >= 0.3 is 13.8 Å². The van der Waals surface area contributed by atoms with Gasteiger partial charge in [0.15, 0.2) is 0 Å². The van der Waals surface area contributed by atoms with E-state index in [1.807, 2.05) is 39.4 Å². The van der Waals surface area contributed by atoms with Crippen molar-refractivity contribution in [3.8, 4) is 0 Å². The fourth-order valence-corrected chi connectivity index (χ4v) is 8.82. The number of hydrogen-bond acceptors (Lipinski definition) is 6. The smallest absolute Gasteiger partial charge is 0.456 e. The number of likely N-dealkylation sites (N-methyl/N-ethyl adjacent to an activating group) is 1. The van der Waals surface area contributed by atoms with Crippen molar-refractivity contribution in [3.63, 3.8) is 0 Å². The van der Waals surface area contributed by atoms with Crippen LogP contribution in [-0.2, 0) is 27.9 Å². The van der Waals surface area contributed by atoms with Crippen LogP contribution < -0.4 is 5.32 Å². The largest absolute Gasteiger partial charge is 0.472 e. The number of quaternary nitrogens is 1. The summed E-state index contributed by atoms with van der Waals surface area (Å²) in [5.41, 5.74) is 0. The summed E-state index contributed by atoms with van der Waals surface area (Å²) in [5.74, 6) is -0.602. The third-order valence-electron chi connectivity index (χ3n) is 12.6. The Bertz CT molecular complexity index is 1510. The van der Waals surface area contributed by atoms with Gasteiger partial charge in [-0.05, 0) is 70.3 Å². The van der Waals surface area contributed by atoms with E-state index >= 15 is 0 Å². The Labute approximate surface area is 444 Å². The van der Waals surface area contributed by atoms with Gasteiger partial charge in [-0.25, -0.2) is 4.57 Å². The minimum absolute atomic E-state index is 0.0245. The molecule has 0 aromatic rings. The molecule has 72 heavy (non-hydrogen) atoms. The number of ether oxygens (including phenoxy) is 1. The maximum absolute atomic E-state index is 13.5. The number of phosphoric acid groups is 1. The van der Waals surface area contributed by atoms with Crippen LogP contribution in [0.1, 0.15) is 245 Å². The van der Waals surface area contributed by atoms with Gasteiger partial charge in [-0.1, -0.05) is 247 Å². The highest BCUT2D eigenvalue weighted by atomic mass is 31.2. The number of rotatable bonds is 52. The second-order valence-electron chi connectivity index (χ2n) is 20.8. The summed E-state index contributed by atoms with van der Waals surface area (Å²) in [4.78, 5) is 37.6. The number of carbonyl (C=O) groups is 2. The Balaban J connectivity index is 5.44. The van der Waals surface area contributed by atoms with Crippen molar-refractivity contribution in [3.05, 3.63) is 85.1 Å². The molecule has 1 amide bonds. The monoisotopic (exact) mass is 1030 g/mol. The standard InChI is InChI=1S/C62H111N2O7P/c1-7-10-13-16-19-22-25-28-30-31-32-33-35-36-39-42-45-48-51-54-61(65)63-59(58-70-72(67,68)69-57-56-64(4,5)6)60(53-50-47-44-41-38-27-24-21-18-15-12-9-3)71-62(66)55-52-49-46-43-40-37-34-29-26-23-20-17-14-11-8-2/h10,13,19,22,28,30,32-33,36,39,45,48,50,53,59-60H,7-9,11-12,14-18,20-21,23-27,29,31,34-35,37-38,40-44,46-47,49,51-52,54-58H2,1-6H3,(H-,63,65,67,68)/p+1/b13-10-,22-19-,30-28-,33-32-,39-36-,48-45-,53-50+. The van der Waals surface area contributed by atoms with Crippen LogP contribution in [-0.4, -0.2) is 74.3 Å². The number of nitrogens with zero attached hydrogens (tertiary/aromatic N) is 1. The lowest BCUT2D eigenvalue weighted by Gasteiger charge is -2.27. The molecule has 0 aliphatic heterocycles. The lowest BCUT2D eigenvalue weighted by Crippen LogP contribution is -2.47. The fourth-order valence-electron chi connectivity index (χ4n) is 8.08. The Kier molecular flexibility index (Phi) is 49.6. The van der Waals surface area contributed by atoms with Crippen molar-refractivity contribution in [1.29, 1.82) is 0 Å². The number of carbonyl (C=O) groups excluding carboxylic acids is 2. The molecule has 0 spiro atoms. The van der Waals surface area contributed by atoms with Crippen LogP contribution in [0.4, 0.5) is 0 Å². The van der Waals surface area contributed by atoms with Gasteiger partial charge < -0.3 is 19.4 Å². The van der Waals surface area contributed by atoms with Crippen molar-refractivity contribution in [1.82, 2.24) is 5.32 Å². The maximum Gasteiger partial charge on any atom is 0.472 e.